The summed E-state index contributed by atoms with van der Waals surface area (Å²) in [6.45, 7) is 3.67. The molecule has 0 saturated heterocycles. The largest absolute Gasteiger partial charge is 0.478 e. The van der Waals surface area contributed by atoms with Crippen molar-refractivity contribution in [2.24, 2.45) is 0 Å². The average Bonchev–Trinajstić information content (AvgIpc) is 2.27. The van der Waals surface area contributed by atoms with Crippen molar-refractivity contribution in [3.8, 4) is 0 Å². The van der Waals surface area contributed by atoms with E-state index >= 15 is 0 Å². The summed E-state index contributed by atoms with van der Waals surface area (Å²) in [7, 11) is 0. The Labute approximate surface area is 86.7 Å². The van der Waals surface area contributed by atoms with E-state index in [1.54, 1.807) is 18.2 Å². The lowest BCUT2D eigenvalue weighted by atomic mass is 10.1. The minimum Gasteiger partial charge on any atom is -0.478 e. The molecule has 3 nitrogen and oxygen atoms in total. The first-order chi connectivity index (χ1) is 7.24. The monoisotopic (exact) mass is 199 g/mol. The second kappa shape index (κ2) is 3.53. The van der Waals surface area contributed by atoms with Gasteiger partial charge in [-0.2, -0.15) is 0 Å². The zero-order valence-electron chi connectivity index (χ0n) is 7.97. The maximum absolute atomic E-state index is 11.0. The van der Waals surface area contributed by atoms with E-state index in [1.807, 2.05) is 6.07 Å². The summed E-state index contributed by atoms with van der Waals surface area (Å²) >= 11 is 0. The number of nitrogens with zero attached hydrogens (tertiary/aromatic N) is 1. The molecule has 3 heteroatoms. The zero-order chi connectivity index (χ0) is 10.8. The molecule has 0 atom stereocenters. The maximum Gasteiger partial charge on any atom is 0.336 e. The van der Waals surface area contributed by atoms with Crippen LogP contribution in [0.2, 0.25) is 0 Å². The van der Waals surface area contributed by atoms with Gasteiger partial charge in [0.2, 0.25) is 0 Å². The number of carboxylic acid groups (broad SMARTS) is 1. The fourth-order valence-electron chi connectivity index (χ4n) is 1.55. The standard InChI is InChI=1S/C12H9NO2/c1-2-8-4-3-5-9-10(12(14)15)6-7-13-11(8)9/h2-7H,1H2,(H,14,15). The van der Waals surface area contributed by atoms with Crippen LogP contribution in [0.15, 0.2) is 37.0 Å². The molecule has 0 aliphatic carbocycles. The van der Waals surface area contributed by atoms with Gasteiger partial charge < -0.3 is 5.11 Å². The fraction of sp³-hybridized carbons (Fsp3) is 0. The van der Waals surface area contributed by atoms with E-state index in [0.29, 0.717) is 10.9 Å². The van der Waals surface area contributed by atoms with Crippen LogP contribution in [-0.2, 0) is 0 Å². The first-order valence-corrected chi connectivity index (χ1v) is 4.47. The van der Waals surface area contributed by atoms with Crippen LogP contribution in [0.3, 0.4) is 0 Å². The van der Waals surface area contributed by atoms with Crippen molar-refractivity contribution in [1.29, 1.82) is 0 Å². The minimum atomic E-state index is -0.941. The summed E-state index contributed by atoms with van der Waals surface area (Å²) in [6.07, 6.45) is 3.17. The lowest BCUT2D eigenvalue weighted by Crippen LogP contribution is -1.98. The number of para-hydroxylation sites is 1. The molecule has 0 aliphatic rings. The summed E-state index contributed by atoms with van der Waals surface area (Å²) in [5.41, 5.74) is 1.78. The van der Waals surface area contributed by atoms with Crippen LogP contribution in [0, 0.1) is 0 Å². The van der Waals surface area contributed by atoms with Crippen molar-refractivity contribution >= 4 is 22.9 Å². The number of hydrogen-bond donors (Lipinski definition) is 1. The van der Waals surface area contributed by atoms with E-state index in [1.165, 1.54) is 12.3 Å². The second-order valence-corrected chi connectivity index (χ2v) is 3.11. The van der Waals surface area contributed by atoms with Crippen molar-refractivity contribution in [2.75, 3.05) is 0 Å². The fourth-order valence-corrected chi connectivity index (χ4v) is 1.55. The third kappa shape index (κ3) is 1.48. The summed E-state index contributed by atoms with van der Waals surface area (Å²) in [6, 6.07) is 6.90. The molecule has 0 spiro atoms. The van der Waals surface area contributed by atoms with Gasteiger partial charge in [0.1, 0.15) is 0 Å². The van der Waals surface area contributed by atoms with Gasteiger partial charge in [0.15, 0.2) is 0 Å². The van der Waals surface area contributed by atoms with Crippen molar-refractivity contribution < 1.29 is 9.90 Å². The Balaban J connectivity index is 2.88. The van der Waals surface area contributed by atoms with Crippen LogP contribution in [0.4, 0.5) is 0 Å². The van der Waals surface area contributed by atoms with Gasteiger partial charge in [-0.05, 0) is 6.07 Å². The Morgan fingerprint density at radius 3 is 2.87 bits per heavy atom. The summed E-state index contributed by atoms with van der Waals surface area (Å²) in [5, 5.41) is 9.63. The smallest absolute Gasteiger partial charge is 0.336 e. The molecule has 74 valence electrons. The predicted octanol–water partition coefficient (Wildman–Crippen LogP) is 2.58. The third-order valence-electron chi connectivity index (χ3n) is 2.25. The third-order valence-corrected chi connectivity index (χ3v) is 2.25. The lowest BCUT2D eigenvalue weighted by Gasteiger charge is -2.03. The molecule has 0 amide bonds. The number of aromatic carboxylic acids is 1. The van der Waals surface area contributed by atoms with Gasteiger partial charge in [0, 0.05) is 17.1 Å². The minimum absolute atomic E-state index is 0.267. The molecule has 0 saturated carbocycles. The number of rotatable bonds is 2. The molecule has 15 heavy (non-hydrogen) atoms. The highest BCUT2D eigenvalue weighted by molar-refractivity contribution is 6.04. The highest BCUT2D eigenvalue weighted by Gasteiger charge is 2.09. The first-order valence-electron chi connectivity index (χ1n) is 4.47. The number of carbonyl (C=O) groups is 1. The van der Waals surface area contributed by atoms with Gasteiger partial charge in [-0.3, -0.25) is 4.98 Å². The second-order valence-electron chi connectivity index (χ2n) is 3.11. The molecule has 1 aromatic heterocycles. The van der Waals surface area contributed by atoms with Gasteiger partial charge >= 0.3 is 5.97 Å². The van der Waals surface area contributed by atoms with Crippen LogP contribution >= 0.6 is 0 Å². The van der Waals surface area contributed by atoms with Crippen molar-refractivity contribution in [1.82, 2.24) is 4.98 Å². The predicted molar refractivity (Wildman–Crippen MR) is 58.8 cm³/mol. The highest BCUT2D eigenvalue weighted by Crippen LogP contribution is 2.20. The Kier molecular flexibility index (Phi) is 2.21. The molecule has 0 radical (unpaired) electrons. The SMILES string of the molecule is C=Cc1cccc2c(C(=O)O)ccnc12. The number of aromatic nitrogens is 1. The normalized spacial score (nSPS) is 10.1. The van der Waals surface area contributed by atoms with Gasteiger partial charge in [0.25, 0.3) is 0 Å². The van der Waals surface area contributed by atoms with Gasteiger partial charge in [-0.25, -0.2) is 4.79 Å². The Morgan fingerprint density at radius 1 is 1.40 bits per heavy atom. The van der Waals surface area contributed by atoms with Crippen molar-refractivity contribution in [3.05, 3.63) is 48.2 Å². The molecule has 1 N–H and O–H groups in total. The zero-order valence-corrected chi connectivity index (χ0v) is 7.97. The molecular formula is C12H9NO2. The van der Waals surface area contributed by atoms with Crippen LogP contribution in [0.1, 0.15) is 15.9 Å². The molecule has 0 unspecified atom stereocenters. The number of hydrogen-bond acceptors (Lipinski definition) is 2. The summed E-state index contributed by atoms with van der Waals surface area (Å²) < 4.78 is 0. The van der Waals surface area contributed by atoms with E-state index in [9.17, 15) is 4.79 Å². The number of benzene rings is 1. The topological polar surface area (TPSA) is 50.2 Å². The molecule has 0 bridgehead atoms. The Morgan fingerprint density at radius 2 is 2.20 bits per heavy atom. The Bertz CT molecular complexity index is 546. The number of carboxylic acids is 1. The van der Waals surface area contributed by atoms with Crippen LogP contribution in [0.25, 0.3) is 17.0 Å². The highest BCUT2D eigenvalue weighted by atomic mass is 16.4. The van der Waals surface area contributed by atoms with E-state index < -0.39 is 5.97 Å². The van der Waals surface area contributed by atoms with E-state index in [2.05, 4.69) is 11.6 Å². The van der Waals surface area contributed by atoms with Crippen LogP contribution in [0.5, 0.6) is 0 Å². The molecule has 2 aromatic rings. The summed E-state index contributed by atoms with van der Waals surface area (Å²) in [5.74, 6) is -0.941. The van der Waals surface area contributed by atoms with E-state index in [-0.39, 0.29) is 5.56 Å². The maximum atomic E-state index is 11.0. The number of pyridine rings is 1. The molecule has 1 aromatic carbocycles. The van der Waals surface area contributed by atoms with E-state index in [0.717, 1.165) is 5.56 Å². The number of fused-ring (bicyclic) bond motifs is 1. The van der Waals surface area contributed by atoms with E-state index in [4.69, 9.17) is 5.11 Å². The Hall–Kier alpha value is -2.16. The van der Waals surface area contributed by atoms with Gasteiger partial charge in [-0.15, -0.1) is 0 Å². The molecule has 2 rings (SSSR count). The van der Waals surface area contributed by atoms with Crippen LogP contribution < -0.4 is 0 Å². The molecule has 0 aliphatic heterocycles. The van der Waals surface area contributed by atoms with Gasteiger partial charge in [-0.1, -0.05) is 30.9 Å². The first kappa shape index (κ1) is 9.40. The molecule has 0 fully saturated rings. The average molecular weight is 199 g/mol. The quantitative estimate of drug-likeness (QED) is 0.808. The summed E-state index contributed by atoms with van der Waals surface area (Å²) in [4.78, 5) is 15.1. The lowest BCUT2D eigenvalue weighted by molar-refractivity contribution is 0.0699. The van der Waals surface area contributed by atoms with Gasteiger partial charge in [0.05, 0.1) is 11.1 Å². The van der Waals surface area contributed by atoms with Crippen molar-refractivity contribution in [3.63, 3.8) is 0 Å². The van der Waals surface area contributed by atoms with Crippen molar-refractivity contribution in [2.45, 2.75) is 0 Å². The molecular weight excluding hydrogens is 190 g/mol. The molecule has 1 heterocycles. The van der Waals surface area contributed by atoms with Crippen LogP contribution in [-0.4, -0.2) is 16.1 Å².